The third-order valence-corrected chi connectivity index (χ3v) is 11.6. The van der Waals surface area contributed by atoms with Crippen molar-refractivity contribution in [3.8, 4) is 0 Å². The van der Waals surface area contributed by atoms with Crippen LogP contribution >= 0.6 is 0 Å². The number of aliphatic carboxylic acids is 1. The lowest BCUT2D eigenvalue weighted by Crippen LogP contribution is -2.62. The Hall–Kier alpha value is -7.65. The summed E-state index contributed by atoms with van der Waals surface area (Å²) in [5, 5.41) is 43.6. The first kappa shape index (κ1) is 62.5. The molecular formula is C47H74N14O13. The van der Waals surface area contributed by atoms with Crippen molar-refractivity contribution in [1.29, 1.82) is 0 Å². The Morgan fingerprint density at radius 3 is 1.62 bits per heavy atom. The number of para-hydroxylation sites is 1. The van der Waals surface area contributed by atoms with Gasteiger partial charge in [0.2, 0.25) is 59.1 Å². The van der Waals surface area contributed by atoms with E-state index in [0.717, 1.165) is 23.4 Å². The van der Waals surface area contributed by atoms with Gasteiger partial charge in [0, 0.05) is 48.7 Å². The van der Waals surface area contributed by atoms with Crippen LogP contribution in [0.15, 0.2) is 42.7 Å². The zero-order valence-electron chi connectivity index (χ0n) is 42.7. The molecule has 0 saturated heterocycles. The Labute approximate surface area is 428 Å². The minimum Gasteiger partial charge on any atom is -0.481 e. The summed E-state index contributed by atoms with van der Waals surface area (Å²) in [4.78, 5) is 146. The van der Waals surface area contributed by atoms with Crippen molar-refractivity contribution in [3.05, 3.63) is 48.3 Å². The van der Waals surface area contributed by atoms with Gasteiger partial charge in [-0.15, -0.1) is 0 Å². The molecule has 2 aromatic rings. The van der Waals surface area contributed by atoms with Crippen molar-refractivity contribution in [3.63, 3.8) is 0 Å². The molecule has 0 fully saturated rings. The van der Waals surface area contributed by atoms with Crippen LogP contribution in [-0.2, 0) is 59.2 Å². The molecule has 0 radical (unpaired) electrons. The summed E-state index contributed by atoms with van der Waals surface area (Å²) in [6, 6.07) is -4.79. The molecule has 0 aliphatic heterocycles. The van der Waals surface area contributed by atoms with E-state index in [1.54, 1.807) is 27.0 Å². The molecule has 74 heavy (non-hydrogen) atoms. The highest BCUT2D eigenvalue weighted by Gasteiger charge is 2.37. The number of primary amides is 3. The number of carbonyl (C=O) groups excluding carboxylic acids is 10. The summed E-state index contributed by atoms with van der Waals surface area (Å²) in [5.41, 5.74) is 23.8. The van der Waals surface area contributed by atoms with E-state index in [0.29, 0.717) is 0 Å². The van der Waals surface area contributed by atoms with Crippen LogP contribution in [0.4, 0.5) is 0 Å². The minimum atomic E-state index is -1.83. The lowest BCUT2D eigenvalue weighted by molar-refractivity contribution is -0.141. The molecule has 1 heterocycles. The smallest absolute Gasteiger partial charge is 0.305 e. The second kappa shape index (κ2) is 29.8. The zero-order chi connectivity index (χ0) is 56.1. The molecule has 0 saturated carbocycles. The standard InChI is InChI=1S/C47H74N14O13/c1-21(2)37(45(72)55-24(6)23(5)54-31(40(51)67)17-27-20-53-29-12-10-9-11-28(27)29)59-41(68)25(7)56-47(74)39(26(8)62)61-43(70)32(18-35(50)64)58-46(73)38(22(3)4)60-44(71)33(19-36(65)66)57-42(69)30(52-16-15-48)13-14-34(49)63/h9-12,20-22,24-26,30-33,37-39,52-54,62H,5,13-19,48H2,1-4,6-8H3,(H2,49,63)(H2,50,64)(H2,51,67)(H,55,72)(H,56,74)(H,57,69)(H,58,73)(H,59,68)(H,60,71)(H,61,70)(H,65,66)/t24-,25-,26-,30-,31+,32+,33-,37?,38?,39?/m0/s1. The molecule has 0 bridgehead atoms. The number of fused-ring (bicyclic) bond motifs is 1. The van der Waals surface area contributed by atoms with E-state index in [1.165, 1.54) is 20.8 Å². The molecule has 2 rings (SSSR count). The summed E-state index contributed by atoms with van der Waals surface area (Å²) in [6.07, 6.45) is -1.85. The molecule has 0 aliphatic rings. The number of hydrogen-bond acceptors (Lipinski definition) is 15. The topological polar surface area (TPSA) is 456 Å². The lowest BCUT2D eigenvalue weighted by Gasteiger charge is -2.29. The number of rotatable bonds is 33. The van der Waals surface area contributed by atoms with E-state index in [1.807, 2.05) is 24.3 Å². The second-order valence-corrected chi connectivity index (χ2v) is 18.5. The molecule has 3 unspecified atom stereocenters. The van der Waals surface area contributed by atoms with Crippen LogP contribution < -0.4 is 70.8 Å². The van der Waals surface area contributed by atoms with Crippen LogP contribution in [0.25, 0.3) is 10.9 Å². The van der Waals surface area contributed by atoms with Gasteiger partial charge in [0.1, 0.15) is 42.3 Å². The van der Waals surface area contributed by atoms with Crippen LogP contribution in [0.5, 0.6) is 0 Å². The van der Waals surface area contributed by atoms with Crippen LogP contribution in [0.2, 0.25) is 0 Å². The van der Waals surface area contributed by atoms with Gasteiger partial charge in [-0.2, -0.15) is 0 Å². The predicted octanol–water partition coefficient (Wildman–Crippen LogP) is -4.67. The quantitative estimate of drug-likeness (QED) is 0.0320. The number of H-pyrrole nitrogens is 1. The predicted molar refractivity (Wildman–Crippen MR) is 269 cm³/mol. The number of hydrogen-bond donors (Lipinski definition) is 16. The third-order valence-electron chi connectivity index (χ3n) is 11.6. The van der Waals surface area contributed by atoms with Crippen molar-refractivity contribution < 1.29 is 63.0 Å². The molecule has 27 nitrogen and oxygen atoms in total. The van der Waals surface area contributed by atoms with Gasteiger partial charge in [-0.25, -0.2) is 0 Å². The van der Waals surface area contributed by atoms with Crippen LogP contribution in [0.1, 0.15) is 79.7 Å². The Balaban J connectivity index is 2.16. The number of nitrogens with two attached hydrogens (primary N) is 4. The summed E-state index contributed by atoms with van der Waals surface area (Å²) < 4.78 is 0. The van der Waals surface area contributed by atoms with E-state index in [2.05, 4.69) is 59.4 Å². The first-order valence-corrected chi connectivity index (χ1v) is 23.9. The maximum Gasteiger partial charge on any atom is 0.305 e. The molecule has 20 N–H and O–H groups in total. The maximum atomic E-state index is 13.7. The molecular weight excluding hydrogens is 969 g/mol. The summed E-state index contributed by atoms with van der Waals surface area (Å²) in [5.74, 6) is -12.2. The number of carbonyl (C=O) groups is 11. The molecule has 0 aliphatic carbocycles. The number of aromatic nitrogens is 1. The van der Waals surface area contributed by atoms with Crippen molar-refractivity contribution in [2.45, 2.75) is 141 Å². The largest absolute Gasteiger partial charge is 0.481 e. The normalized spacial score (nSPS) is 15.3. The fourth-order valence-electron chi connectivity index (χ4n) is 7.31. The van der Waals surface area contributed by atoms with Crippen molar-refractivity contribution in [2.24, 2.45) is 34.8 Å². The monoisotopic (exact) mass is 1040 g/mol. The SMILES string of the molecule is C=C(N[C@H](Cc1c[nH]c2ccccc12)C(N)=O)[C@H](C)NC(=O)C(NC(=O)[C@H](C)NC(=O)C(NC(=O)[C@@H](CC(N)=O)NC(=O)C(NC(=O)[C@H](CC(=O)O)NC(=O)[C@H](CCC(N)=O)NCCN)C(C)C)[C@H](C)O)C(C)C. The Bertz CT molecular complexity index is 2360. The number of carboxylic acids is 1. The number of benzene rings is 1. The van der Waals surface area contributed by atoms with Crippen LogP contribution in [-0.4, -0.2) is 154 Å². The highest BCUT2D eigenvalue weighted by molar-refractivity contribution is 5.99. The first-order valence-electron chi connectivity index (χ1n) is 23.9. The molecule has 10 atom stereocenters. The molecule has 1 aromatic heterocycles. The average Bonchev–Trinajstić information content (AvgIpc) is 3.71. The minimum absolute atomic E-state index is 0.0857. The Morgan fingerprint density at radius 1 is 0.595 bits per heavy atom. The van der Waals surface area contributed by atoms with E-state index >= 15 is 0 Å². The average molecular weight is 1040 g/mol. The van der Waals surface area contributed by atoms with Crippen molar-refractivity contribution in [2.75, 3.05) is 13.1 Å². The zero-order valence-corrected chi connectivity index (χ0v) is 42.7. The molecule has 1 aromatic carbocycles. The molecule has 10 amide bonds. The number of aliphatic hydroxyl groups excluding tert-OH is 1. The molecule has 0 spiro atoms. The van der Waals surface area contributed by atoms with Crippen molar-refractivity contribution >= 4 is 75.9 Å². The Morgan fingerprint density at radius 2 is 1.09 bits per heavy atom. The lowest BCUT2D eigenvalue weighted by atomic mass is 10.0. The van der Waals surface area contributed by atoms with Gasteiger partial charge in [0.05, 0.1) is 31.0 Å². The van der Waals surface area contributed by atoms with Crippen LogP contribution in [0.3, 0.4) is 0 Å². The van der Waals surface area contributed by atoms with Gasteiger partial charge in [-0.1, -0.05) is 52.5 Å². The first-order chi connectivity index (χ1) is 34.6. The molecule has 410 valence electrons. The third kappa shape index (κ3) is 20.1. The van der Waals surface area contributed by atoms with E-state index in [4.69, 9.17) is 22.9 Å². The summed E-state index contributed by atoms with van der Waals surface area (Å²) in [7, 11) is 0. The van der Waals surface area contributed by atoms with E-state index in [9.17, 15) is 63.0 Å². The van der Waals surface area contributed by atoms with Gasteiger partial charge in [-0.3, -0.25) is 52.7 Å². The number of carboxylic acid groups (broad SMARTS) is 1. The number of amides is 10. The fourth-order valence-corrected chi connectivity index (χ4v) is 7.31. The fraction of sp³-hybridized carbons (Fsp3) is 0.553. The summed E-state index contributed by atoms with van der Waals surface area (Å²) in [6.45, 7) is 14.4. The highest BCUT2D eigenvalue weighted by atomic mass is 16.4. The van der Waals surface area contributed by atoms with Crippen molar-refractivity contribution in [1.82, 2.24) is 52.8 Å². The summed E-state index contributed by atoms with van der Waals surface area (Å²) >= 11 is 0. The van der Waals surface area contributed by atoms with Gasteiger partial charge < -0.3 is 86.0 Å². The molecule has 27 heteroatoms. The second-order valence-electron chi connectivity index (χ2n) is 18.5. The van der Waals surface area contributed by atoms with E-state index in [-0.39, 0.29) is 38.0 Å². The highest BCUT2D eigenvalue weighted by Crippen LogP contribution is 2.20. The van der Waals surface area contributed by atoms with Gasteiger partial charge in [0.15, 0.2) is 0 Å². The van der Waals surface area contributed by atoms with Gasteiger partial charge >= 0.3 is 5.97 Å². The number of nitrogens with one attached hydrogen (secondary N) is 10. The maximum absolute atomic E-state index is 13.7. The Kier molecular flexibility index (Phi) is 25.1. The van der Waals surface area contributed by atoms with Crippen LogP contribution in [0, 0.1) is 11.8 Å². The van der Waals surface area contributed by atoms with Gasteiger partial charge in [0.25, 0.3) is 0 Å². The number of aromatic amines is 1. The van der Waals surface area contributed by atoms with E-state index < -0.39 is 150 Å². The van der Waals surface area contributed by atoms with Gasteiger partial charge in [-0.05, 0) is 50.7 Å². The number of aliphatic hydroxyl groups is 1.